The summed E-state index contributed by atoms with van der Waals surface area (Å²) in [5.74, 6) is -1.70. The molecule has 0 aromatic heterocycles. The third-order valence-corrected chi connectivity index (χ3v) is 2.88. The van der Waals surface area contributed by atoms with Crippen LogP contribution in [-0.4, -0.2) is 41.7 Å². The fourth-order valence-corrected chi connectivity index (χ4v) is 1.76. The Kier molecular flexibility index (Phi) is 6.54. The molecule has 0 atom stereocenters. The summed E-state index contributed by atoms with van der Waals surface area (Å²) >= 11 is 0. The number of amides is 1. The highest BCUT2D eigenvalue weighted by molar-refractivity contribution is 5.92. The molecule has 1 amide bonds. The smallest absolute Gasteiger partial charge is 0.238 e. The van der Waals surface area contributed by atoms with E-state index in [4.69, 9.17) is 5.11 Å². The maximum Gasteiger partial charge on any atom is 0.238 e. The highest BCUT2D eigenvalue weighted by Crippen LogP contribution is 2.15. The summed E-state index contributed by atoms with van der Waals surface area (Å²) in [5, 5.41) is 11.2. The van der Waals surface area contributed by atoms with Gasteiger partial charge in [-0.2, -0.15) is 0 Å². The van der Waals surface area contributed by atoms with Crippen molar-refractivity contribution >= 4 is 11.6 Å². The predicted octanol–water partition coefficient (Wildman–Crippen LogP) is 2.00. The summed E-state index contributed by atoms with van der Waals surface area (Å²) in [7, 11) is 0. The standard InChI is InChI=1S/C14H20F2N2O2/c1-10(2)18(6-3-7-19)9-14(20)17-13-8-11(15)4-5-12(13)16/h4-5,8,10,19H,3,6-7,9H2,1-2H3,(H,17,20). The van der Waals surface area contributed by atoms with Gasteiger partial charge in [0, 0.05) is 25.3 Å². The number of hydrogen-bond donors (Lipinski definition) is 2. The van der Waals surface area contributed by atoms with Crippen molar-refractivity contribution in [1.29, 1.82) is 0 Å². The fraction of sp³-hybridized carbons (Fsp3) is 0.500. The van der Waals surface area contributed by atoms with E-state index < -0.39 is 17.5 Å². The van der Waals surface area contributed by atoms with Gasteiger partial charge in [-0.15, -0.1) is 0 Å². The zero-order chi connectivity index (χ0) is 15.1. The first-order valence-electron chi connectivity index (χ1n) is 6.54. The number of anilines is 1. The summed E-state index contributed by atoms with van der Waals surface area (Å²) in [5.41, 5.74) is -0.166. The van der Waals surface area contributed by atoms with Crippen LogP contribution in [0.4, 0.5) is 14.5 Å². The lowest BCUT2D eigenvalue weighted by Gasteiger charge is -2.25. The second-order valence-electron chi connectivity index (χ2n) is 4.81. The maximum absolute atomic E-state index is 13.4. The lowest BCUT2D eigenvalue weighted by Crippen LogP contribution is -2.39. The van der Waals surface area contributed by atoms with Crippen molar-refractivity contribution in [3.05, 3.63) is 29.8 Å². The van der Waals surface area contributed by atoms with E-state index in [1.165, 1.54) is 0 Å². The summed E-state index contributed by atoms with van der Waals surface area (Å²) in [6, 6.07) is 3.02. The summed E-state index contributed by atoms with van der Waals surface area (Å²) in [6.07, 6.45) is 0.555. The fourth-order valence-electron chi connectivity index (χ4n) is 1.76. The van der Waals surface area contributed by atoms with Gasteiger partial charge in [-0.3, -0.25) is 9.69 Å². The van der Waals surface area contributed by atoms with Crippen LogP contribution in [0.1, 0.15) is 20.3 Å². The Balaban J connectivity index is 2.63. The van der Waals surface area contributed by atoms with Crippen LogP contribution in [0.5, 0.6) is 0 Å². The van der Waals surface area contributed by atoms with Gasteiger partial charge in [-0.25, -0.2) is 8.78 Å². The van der Waals surface area contributed by atoms with E-state index in [-0.39, 0.29) is 24.9 Å². The number of carbonyl (C=O) groups excluding carboxylic acids is 1. The molecule has 1 rings (SSSR count). The van der Waals surface area contributed by atoms with Crippen LogP contribution in [0.25, 0.3) is 0 Å². The molecule has 0 aliphatic rings. The van der Waals surface area contributed by atoms with Gasteiger partial charge in [-0.05, 0) is 32.4 Å². The third-order valence-electron chi connectivity index (χ3n) is 2.88. The first-order chi connectivity index (χ1) is 9.43. The number of aliphatic hydroxyl groups is 1. The van der Waals surface area contributed by atoms with Gasteiger partial charge in [0.15, 0.2) is 0 Å². The predicted molar refractivity (Wildman–Crippen MR) is 73.4 cm³/mol. The van der Waals surface area contributed by atoms with Gasteiger partial charge >= 0.3 is 0 Å². The molecule has 20 heavy (non-hydrogen) atoms. The Morgan fingerprint density at radius 2 is 2.10 bits per heavy atom. The van der Waals surface area contributed by atoms with Crippen molar-refractivity contribution < 1.29 is 18.7 Å². The van der Waals surface area contributed by atoms with Crippen molar-refractivity contribution in [3.63, 3.8) is 0 Å². The van der Waals surface area contributed by atoms with E-state index in [2.05, 4.69) is 5.32 Å². The SMILES string of the molecule is CC(C)N(CCCO)CC(=O)Nc1cc(F)ccc1F. The molecule has 0 spiro atoms. The third kappa shape index (κ3) is 5.22. The molecule has 1 aromatic rings. The highest BCUT2D eigenvalue weighted by Gasteiger charge is 2.15. The molecule has 112 valence electrons. The first kappa shape index (κ1) is 16.5. The number of aliphatic hydroxyl groups excluding tert-OH is 1. The van der Waals surface area contributed by atoms with E-state index in [9.17, 15) is 13.6 Å². The molecule has 0 bridgehead atoms. The van der Waals surface area contributed by atoms with Crippen molar-refractivity contribution in [2.75, 3.05) is 25.0 Å². The monoisotopic (exact) mass is 286 g/mol. The van der Waals surface area contributed by atoms with Crippen molar-refractivity contribution in [2.45, 2.75) is 26.3 Å². The average molecular weight is 286 g/mol. The number of rotatable bonds is 7. The van der Waals surface area contributed by atoms with Gasteiger partial charge in [-0.1, -0.05) is 0 Å². The molecule has 0 aliphatic heterocycles. The van der Waals surface area contributed by atoms with E-state index >= 15 is 0 Å². The van der Waals surface area contributed by atoms with Gasteiger partial charge in [0.2, 0.25) is 5.91 Å². The molecular weight excluding hydrogens is 266 g/mol. The lowest BCUT2D eigenvalue weighted by atomic mass is 10.2. The largest absolute Gasteiger partial charge is 0.396 e. The number of nitrogens with zero attached hydrogens (tertiary/aromatic N) is 1. The molecule has 0 radical (unpaired) electrons. The molecule has 4 nitrogen and oxygen atoms in total. The molecule has 0 heterocycles. The van der Waals surface area contributed by atoms with Gasteiger partial charge in [0.1, 0.15) is 11.6 Å². The Morgan fingerprint density at radius 1 is 1.40 bits per heavy atom. The molecule has 0 saturated carbocycles. The Labute approximate surface area is 117 Å². The summed E-state index contributed by atoms with van der Waals surface area (Å²) < 4.78 is 26.4. The minimum Gasteiger partial charge on any atom is -0.396 e. The first-order valence-corrected chi connectivity index (χ1v) is 6.54. The minimum atomic E-state index is -0.675. The maximum atomic E-state index is 13.4. The summed E-state index contributed by atoms with van der Waals surface area (Å²) in [6.45, 7) is 4.52. The number of carbonyl (C=O) groups is 1. The average Bonchev–Trinajstić information content (AvgIpc) is 2.38. The molecule has 1 aromatic carbocycles. The summed E-state index contributed by atoms with van der Waals surface area (Å²) in [4.78, 5) is 13.7. The number of benzene rings is 1. The van der Waals surface area contributed by atoms with Crippen molar-refractivity contribution in [3.8, 4) is 0 Å². The quantitative estimate of drug-likeness (QED) is 0.806. The van der Waals surface area contributed by atoms with Gasteiger partial charge in [0.05, 0.1) is 12.2 Å². The zero-order valence-electron chi connectivity index (χ0n) is 11.7. The highest BCUT2D eigenvalue weighted by atomic mass is 19.1. The molecule has 0 fully saturated rings. The van der Waals surface area contributed by atoms with Crippen LogP contribution in [0.2, 0.25) is 0 Å². The van der Waals surface area contributed by atoms with E-state index in [1.54, 1.807) is 0 Å². The van der Waals surface area contributed by atoms with Crippen LogP contribution < -0.4 is 5.32 Å². The molecule has 0 saturated heterocycles. The van der Waals surface area contributed by atoms with E-state index in [0.29, 0.717) is 13.0 Å². The van der Waals surface area contributed by atoms with Crippen molar-refractivity contribution in [2.24, 2.45) is 0 Å². The topological polar surface area (TPSA) is 52.6 Å². The molecule has 6 heteroatoms. The normalized spacial score (nSPS) is 11.2. The van der Waals surface area contributed by atoms with Gasteiger partial charge < -0.3 is 10.4 Å². The number of hydrogen-bond acceptors (Lipinski definition) is 3. The van der Waals surface area contributed by atoms with Crippen LogP contribution >= 0.6 is 0 Å². The van der Waals surface area contributed by atoms with Gasteiger partial charge in [0.25, 0.3) is 0 Å². The molecular formula is C14H20F2N2O2. The molecule has 0 aliphatic carbocycles. The van der Waals surface area contributed by atoms with Crippen molar-refractivity contribution in [1.82, 2.24) is 4.90 Å². The molecule has 0 unspecified atom stereocenters. The minimum absolute atomic E-state index is 0.0450. The lowest BCUT2D eigenvalue weighted by molar-refractivity contribution is -0.117. The molecule has 2 N–H and O–H groups in total. The number of halogens is 2. The Bertz CT molecular complexity index is 453. The zero-order valence-corrected chi connectivity index (χ0v) is 11.7. The van der Waals surface area contributed by atoms with Crippen LogP contribution in [0, 0.1) is 11.6 Å². The Hall–Kier alpha value is -1.53. The Morgan fingerprint density at radius 3 is 2.70 bits per heavy atom. The number of nitrogens with one attached hydrogen (secondary N) is 1. The van der Waals surface area contributed by atoms with Crippen LogP contribution in [0.3, 0.4) is 0 Å². The van der Waals surface area contributed by atoms with Crippen LogP contribution in [0.15, 0.2) is 18.2 Å². The second kappa shape index (κ2) is 7.91. The van der Waals surface area contributed by atoms with Crippen LogP contribution in [-0.2, 0) is 4.79 Å². The van der Waals surface area contributed by atoms with E-state index in [0.717, 1.165) is 18.2 Å². The van der Waals surface area contributed by atoms with E-state index in [1.807, 2.05) is 18.7 Å². The second-order valence-corrected chi connectivity index (χ2v) is 4.81.